The topological polar surface area (TPSA) is 35.3 Å². The standard InChI is InChI=1S/C13H22BrNO2/c1-3-4-5-6-7-8-9-11-12(10-14)17-15-13(11)16-2/h3-10H2,1-2H3. The predicted octanol–water partition coefficient (Wildman–Crippen LogP) is 4.48. The Morgan fingerprint density at radius 2 is 1.88 bits per heavy atom. The quantitative estimate of drug-likeness (QED) is 0.498. The summed E-state index contributed by atoms with van der Waals surface area (Å²) in [5.74, 6) is 1.54. The fraction of sp³-hybridized carbons (Fsp3) is 0.769. The summed E-state index contributed by atoms with van der Waals surface area (Å²) in [4.78, 5) is 0. The molecule has 1 aromatic heterocycles. The summed E-state index contributed by atoms with van der Waals surface area (Å²) in [7, 11) is 1.64. The van der Waals surface area contributed by atoms with E-state index in [2.05, 4.69) is 28.0 Å². The van der Waals surface area contributed by atoms with Gasteiger partial charge in [-0.2, -0.15) is 0 Å². The Hall–Kier alpha value is -0.510. The molecule has 0 saturated carbocycles. The molecule has 0 unspecified atom stereocenters. The highest BCUT2D eigenvalue weighted by atomic mass is 79.9. The van der Waals surface area contributed by atoms with Gasteiger partial charge in [0.25, 0.3) is 5.88 Å². The van der Waals surface area contributed by atoms with Gasteiger partial charge in [-0.3, -0.25) is 0 Å². The number of ether oxygens (including phenoxy) is 1. The van der Waals surface area contributed by atoms with E-state index in [1.807, 2.05) is 0 Å². The highest BCUT2D eigenvalue weighted by Gasteiger charge is 2.14. The number of rotatable bonds is 9. The Balaban J connectivity index is 2.32. The van der Waals surface area contributed by atoms with Gasteiger partial charge in [-0.15, -0.1) is 0 Å². The first-order valence-electron chi connectivity index (χ1n) is 6.40. The van der Waals surface area contributed by atoms with Gasteiger partial charge in [-0.25, -0.2) is 0 Å². The molecule has 0 aliphatic carbocycles. The van der Waals surface area contributed by atoms with Crippen LogP contribution in [0.25, 0.3) is 0 Å². The molecule has 0 atom stereocenters. The molecule has 0 aliphatic heterocycles. The minimum atomic E-state index is 0.646. The normalized spacial score (nSPS) is 10.8. The van der Waals surface area contributed by atoms with Crippen LogP contribution in [0.15, 0.2) is 4.52 Å². The molecule has 0 radical (unpaired) electrons. The maximum atomic E-state index is 5.21. The second-order valence-corrected chi connectivity index (χ2v) is 4.81. The molecule has 98 valence electrons. The van der Waals surface area contributed by atoms with Crippen LogP contribution in [-0.2, 0) is 11.8 Å². The van der Waals surface area contributed by atoms with Gasteiger partial charge in [-0.05, 0) is 18.0 Å². The lowest BCUT2D eigenvalue weighted by molar-refractivity contribution is 0.330. The van der Waals surface area contributed by atoms with E-state index in [1.165, 1.54) is 38.5 Å². The van der Waals surface area contributed by atoms with Crippen LogP contribution in [0, 0.1) is 0 Å². The molecule has 0 fully saturated rings. The second-order valence-electron chi connectivity index (χ2n) is 4.24. The lowest BCUT2D eigenvalue weighted by Crippen LogP contribution is -1.93. The maximum Gasteiger partial charge on any atom is 0.257 e. The molecule has 0 amide bonds. The van der Waals surface area contributed by atoms with Crippen molar-refractivity contribution in [2.75, 3.05) is 7.11 Å². The van der Waals surface area contributed by atoms with E-state index in [0.29, 0.717) is 11.2 Å². The van der Waals surface area contributed by atoms with Crippen LogP contribution in [0.5, 0.6) is 5.88 Å². The molecule has 0 aliphatic rings. The van der Waals surface area contributed by atoms with Crippen molar-refractivity contribution < 1.29 is 9.26 Å². The molecular weight excluding hydrogens is 282 g/mol. The van der Waals surface area contributed by atoms with Crippen molar-refractivity contribution in [1.82, 2.24) is 5.16 Å². The summed E-state index contributed by atoms with van der Waals surface area (Å²) in [6.07, 6.45) is 8.78. The summed E-state index contributed by atoms with van der Waals surface area (Å²) in [5, 5.41) is 4.61. The van der Waals surface area contributed by atoms with Crippen LogP contribution in [0.2, 0.25) is 0 Å². The van der Waals surface area contributed by atoms with Crippen molar-refractivity contribution in [2.24, 2.45) is 0 Å². The largest absolute Gasteiger partial charge is 0.479 e. The molecule has 0 bridgehead atoms. The smallest absolute Gasteiger partial charge is 0.257 e. The van der Waals surface area contributed by atoms with Crippen LogP contribution in [-0.4, -0.2) is 12.3 Å². The number of halogens is 1. The van der Waals surface area contributed by atoms with Gasteiger partial charge in [0, 0.05) is 0 Å². The lowest BCUT2D eigenvalue weighted by Gasteiger charge is -2.02. The molecule has 4 heteroatoms. The Labute approximate surface area is 112 Å². The zero-order valence-corrected chi connectivity index (χ0v) is 12.4. The number of methoxy groups -OCH3 is 1. The van der Waals surface area contributed by atoms with Gasteiger partial charge < -0.3 is 9.26 Å². The Morgan fingerprint density at radius 1 is 1.18 bits per heavy atom. The lowest BCUT2D eigenvalue weighted by atomic mass is 10.1. The first-order chi connectivity index (χ1) is 8.33. The molecule has 1 aromatic rings. The number of unbranched alkanes of at least 4 members (excludes halogenated alkanes) is 5. The zero-order chi connectivity index (χ0) is 12.5. The summed E-state index contributed by atoms with van der Waals surface area (Å²) in [6.45, 7) is 2.24. The van der Waals surface area contributed by atoms with Crippen LogP contribution >= 0.6 is 15.9 Å². The molecule has 0 N–H and O–H groups in total. The number of aromatic nitrogens is 1. The van der Waals surface area contributed by atoms with Crippen molar-refractivity contribution in [3.63, 3.8) is 0 Å². The molecular formula is C13H22BrNO2. The SMILES string of the molecule is CCCCCCCCc1c(OC)noc1CBr. The van der Waals surface area contributed by atoms with Crippen LogP contribution in [0.3, 0.4) is 0 Å². The molecule has 3 nitrogen and oxygen atoms in total. The molecule has 1 rings (SSSR count). The Morgan fingerprint density at radius 3 is 2.53 bits per heavy atom. The third-order valence-electron chi connectivity index (χ3n) is 2.93. The highest BCUT2D eigenvalue weighted by molar-refractivity contribution is 9.08. The average Bonchev–Trinajstić information content (AvgIpc) is 2.75. The van der Waals surface area contributed by atoms with Crippen molar-refractivity contribution in [3.8, 4) is 5.88 Å². The number of hydrogen-bond donors (Lipinski definition) is 0. The first kappa shape index (κ1) is 14.6. The van der Waals surface area contributed by atoms with Crippen LogP contribution < -0.4 is 4.74 Å². The third kappa shape index (κ3) is 4.70. The van der Waals surface area contributed by atoms with Gasteiger partial charge in [-0.1, -0.05) is 55.0 Å². The van der Waals surface area contributed by atoms with Gasteiger partial charge in [0.1, 0.15) is 0 Å². The molecule has 17 heavy (non-hydrogen) atoms. The van der Waals surface area contributed by atoms with Crippen molar-refractivity contribution in [3.05, 3.63) is 11.3 Å². The summed E-state index contributed by atoms with van der Waals surface area (Å²) >= 11 is 3.40. The highest BCUT2D eigenvalue weighted by Crippen LogP contribution is 2.25. The second kappa shape index (κ2) is 8.56. The maximum absolute atomic E-state index is 5.21. The zero-order valence-electron chi connectivity index (χ0n) is 10.8. The van der Waals surface area contributed by atoms with E-state index in [1.54, 1.807) is 7.11 Å². The fourth-order valence-electron chi connectivity index (χ4n) is 1.92. The van der Waals surface area contributed by atoms with E-state index in [-0.39, 0.29) is 0 Å². The summed E-state index contributed by atoms with van der Waals surface area (Å²) in [6, 6.07) is 0. The summed E-state index contributed by atoms with van der Waals surface area (Å²) < 4.78 is 10.4. The minimum Gasteiger partial charge on any atom is -0.479 e. The van der Waals surface area contributed by atoms with E-state index in [9.17, 15) is 0 Å². The Bertz CT molecular complexity index is 291. The number of alkyl halides is 1. The Kier molecular flexibility index (Phi) is 7.33. The first-order valence-corrected chi connectivity index (χ1v) is 7.53. The molecule has 0 aromatic carbocycles. The van der Waals surface area contributed by atoms with E-state index in [4.69, 9.17) is 9.26 Å². The van der Waals surface area contributed by atoms with E-state index < -0.39 is 0 Å². The van der Waals surface area contributed by atoms with Crippen LogP contribution in [0.4, 0.5) is 0 Å². The average molecular weight is 304 g/mol. The van der Waals surface area contributed by atoms with Gasteiger partial charge >= 0.3 is 0 Å². The van der Waals surface area contributed by atoms with Gasteiger partial charge in [0.2, 0.25) is 0 Å². The number of hydrogen-bond acceptors (Lipinski definition) is 3. The summed E-state index contributed by atoms with van der Waals surface area (Å²) in [5.41, 5.74) is 1.12. The van der Waals surface area contributed by atoms with Crippen molar-refractivity contribution >= 4 is 15.9 Å². The predicted molar refractivity (Wildman–Crippen MR) is 72.8 cm³/mol. The van der Waals surface area contributed by atoms with Crippen LogP contribution in [0.1, 0.15) is 56.8 Å². The molecule has 0 saturated heterocycles. The van der Waals surface area contributed by atoms with Gasteiger partial charge in [0.05, 0.1) is 18.0 Å². The van der Waals surface area contributed by atoms with E-state index in [0.717, 1.165) is 17.7 Å². The number of nitrogens with zero attached hydrogens (tertiary/aromatic N) is 1. The minimum absolute atomic E-state index is 0.646. The fourth-order valence-corrected chi connectivity index (χ4v) is 2.36. The van der Waals surface area contributed by atoms with Crippen molar-refractivity contribution in [2.45, 2.75) is 57.2 Å². The monoisotopic (exact) mass is 303 g/mol. The van der Waals surface area contributed by atoms with Gasteiger partial charge in [0.15, 0.2) is 5.76 Å². The third-order valence-corrected chi connectivity index (χ3v) is 3.44. The molecule has 1 heterocycles. The van der Waals surface area contributed by atoms with Crippen molar-refractivity contribution in [1.29, 1.82) is 0 Å². The van der Waals surface area contributed by atoms with E-state index >= 15 is 0 Å². The molecule has 0 spiro atoms.